The smallest absolute Gasteiger partial charge is 0.225 e. The Hall–Kier alpha value is -1.20. The van der Waals surface area contributed by atoms with E-state index in [0.717, 1.165) is 51.8 Å². The van der Waals surface area contributed by atoms with E-state index in [0.29, 0.717) is 0 Å². The first-order valence-electron chi connectivity index (χ1n) is 7.85. The third-order valence-corrected chi connectivity index (χ3v) is 3.77. The number of hydrogen-bond donors (Lipinski definition) is 1. The lowest BCUT2D eigenvalue weighted by Crippen LogP contribution is -2.48. The molecule has 0 spiro atoms. The molecule has 5 heteroatoms. The molecule has 0 saturated carbocycles. The summed E-state index contributed by atoms with van der Waals surface area (Å²) in [5.41, 5.74) is 0. The van der Waals surface area contributed by atoms with Crippen LogP contribution in [0.1, 0.15) is 26.2 Å². The molecule has 1 fully saturated rings. The monoisotopic (exact) mass is 277 g/mol. The fourth-order valence-corrected chi connectivity index (χ4v) is 2.49. The van der Waals surface area contributed by atoms with E-state index in [1.807, 2.05) is 18.5 Å². The van der Waals surface area contributed by atoms with Crippen molar-refractivity contribution >= 4 is 5.95 Å². The van der Waals surface area contributed by atoms with Crippen LogP contribution in [0.3, 0.4) is 0 Å². The Morgan fingerprint density at radius 1 is 1.05 bits per heavy atom. The molecule has 20 heavy (non-hydrogen) atoms. The van der Waals surface area contributed by atoms with Crippen molar-refractivity contribution in [3.8, 4) is 0 Å². The van der Waals surface area contributed by atoms with E-state index in [1.54, 1.807) is 0 Å². The lowest BCUT2D eigenvalue weighted by Gasteiger charge is -2.34. The average molecular weight is 277 g/mol. The minimum Gasteiger partial charge on any atom is -0.338 e. The number of nitrogens with one attached hydrogen (secondary N) is 1. The van der Waals surface area contributed by atoms with Crippen LogP contribution in [0, 0.1) is 0 Å². The van der Waals surface area contributed by atoms with E-state index in [9.17, 15) is 0 Å². The summed E-state index contributed by atoms with van der Waals surface area (Å²) in [5, 5.41) is 3.53. The maximum Gasteiger partial charge on any atom is 0.225 e. The fraction of sp³-hybridized carbons (Fsp3) is 0.733. The molecule has 0 bridgehead atoms. The molecular weight excluding hydrogens is 250 g/mol. The molecule has 1 aromatic heterocycles. The maximum atomic E-state index is 4.32. The molecule has 0 aromatic carbocycles. The highest BCUT2D eigenvalue weighted by Gasteiger charge is 2.17. The van der Waals surface area contributed by atoms with Crippen LogP contribution in [-0.2, 0) is 0 Å². The molecule has 1 aliphatic heterocycles. The second kappa shape index (κ2) is 8.87. The summed E-state index contributed by atoms with van der Waals surface area (Å²) >= 11 is 0. The molecule has 1 aromatic rings. The van der Waals surface area contributed by atoms with Crippen molar-refractivity contribution in [2.75, 3.05) is 50.7 Å². The standard InChI is InChI=1S/C15H27N5/c1-2-3-4-6-16-9-10-19-11-13-20(14-12-19)15-17-7-5-8-18-15/h5,7-8,16H,2-4,6,9-14H2,1H3. The van der Waals surface area contributed by atoms with Crippen molar-refractivity contribution in [2.45, 2.75) is 26.2 Å². The van der Waals surface area contributed by atoms with Crippen LogP contribution in [0.4, 0.5) is 5.95 Å². The van der Waals surface area contributed by atoms with Crippen molar-refractivity contribution in [3.63, 3.8) is 0 Å². The predicted octanol–water partition coefficient (Wildman–Crippen LogP) is 1.38. The minimum atomic E-state index is 0.866. The van der Waals surface area contributed by atoms with Crippen LogP contribution in [-0.4, -0.2) is 60.7 Å². The fourth-order valence-electron chi connectivity index (χ4n) is 2.49. The third-order valence-electron chi connectivity index (χ3n) is 3.77. The Morgan fingerprint density at radius 2 is 1.80 bits per heavy atom. The van der Waals surface area contributed by atoms with Crippen LogP contribution in [0.2, 0.25) is 0 Å². The largest absolute Gasteiger partial charge is 0.338 e. The van der Waals surface area contributed by atoms with E-state index < -0.39 is 0 Å². The van der Waals surface area contributed by atoms with Crippen LogP contribution in [0.25, 0.3) is 0 Å². The van der Waals surface area contributed by atoms with Crippen LogP contribution in [0.15, 0.2) is 18.5 Å². The van der Waals surface area contributed by atoms with Gasteiger partial charge < -0.3 is 10.2 Å². The molecule has 1 aliphatic rings. The first kappa shape index (κ1) is 15.2. The highest BCUT2D eigenvalue weighted by molar-refractivity contribution is 5.29. The summed E-state index contributed by atoms with van der Waals surface area (Å²) in [4.78, 5) is 13.4. The van der Waals surface area contributed by atoms with Gasteiger partial charge in [-0.2, -0.15) is 0 Å². The van der Waals surface area contributed by atoms with Crippen molar-refractivity contribution < 1.29 is 0 Å². The SMILES string of the molecule is CCCCCNCCN1CCN(c2ncccn2)CC1. The van der Waals surface area contributed by atoms with Crippen LogP contribution >= 0.6 is 0 Å². The summed E-state index contributed by atoms with van der Waals surface area (Å²) in [6.07, 6.45) is 7.56. The molecule has 0 unspecified atom stereocenters. The van der Waals surface area contributed by atoms with Crippen molar-refractivity contribution in [1.82, 2.24) is 20.2 Å². The first-order valence-corrected chi connectivity index (χ1v) is 7.85. The zero-order valence-electron chi connectivity index (χ0n) is 12.6. The Balaban J connectivity index is 1.58. The highest BCUT2D eigenvalue weighted by Crippen LogP contribution is 2.08. The van der Waals surface area contributed by atoms with Crippen LogP contribution in [0.5, 0.6) is 0 Å². The first-order chi connectivity index (χ1) is 9.90. The van der Waals surface area contributed by atoms with Gasteiger partial charge in [0.05, 0.1) is 0 Å². The van der Waals surface area contributed by atoms with Gasteiger partial charge in [0.25, 0.3) is 0 Å². The second-order valence-corrected chi connectivity index (χ2v) is 5.33. The maximum absolute atomic E-state index is 4.32. The Labute approximate surface area is 122 Å². The molecule has 1 N–H and O–H groups in total. The number of unbranched alkanes of at least 4 members (excludes halogenated alkanes) is 2. The summed E-state index contributed by atoms with van der Waals surface area (Å²) < 4.78 is 0. The van der Waals surface area contributed by atoms with E-state index in [4.69, 9.17) is 0 Å². The Bertz CT molecular complexity index is 349. The van der Waals surface area contributed by atoms with Crippen molar-refractivity contribution in [2.24, 2.45) is 0 Å². The zero-order valence-corrected chi connectivity index (χ0v) is 12.6. The zero-order chi connectivity index (χ0) is 14.0. The Morgan fingerprint density at radius 3 is 2.50 bits per heavy atom. The number of piperazine rings is 1. The molecule has 0 amide bonds. The number of hydrogen-bond acceptors (Lipinski definition) is 5. The van der Waals surface area contributed by atoms with E-state index >= 15 is 0 Å². The Kier molecular flexibility index (Phi) is 6.74. The summed E-state index contributed by atoms with van der Waals surface area (Å²) in [5.74, 6) is 0.866. The van der Waals surface area contributed by atoms with Gasteiger partial charge in [-0.25, -0.2) is 9.97 Å². The van der Waals surface area contributed by atoms with Gasteiger partial charge in [0.2, 0.25) is 5.95 Å². The van der Waals surface area contributed by atoms with Gasteiger partial charge in [-0.1, -0.05) is 19.8 Å². The molecule has 2 heterocycles. The van der Waals surface area contributed by atoms with Gasteiger partial charge in [-0.05, 0) is 19.0 Å². The minimum absolute atomic E-state index is 0.866. The topological polar surface area (TPSA) is 44.3 Å². The average Bonchev–Trinajstić information content (AvgIpc) is 2.52. The van der Waals surface area contributed by atoms with Gasteiger partial charge in [0.15, 0.2) is 0 Å². The van der Waals surface area contributed by atoms with Crippen molar-refractivity contribution in [1.29, 1.82) is 0 Å². The molecular formula is C15H27N5. The van der Waals surface area contributed by atoms with Gasteiger partial charge in [0, 0.05) is 51.7 Å². The third kappa shape index (κ3) is 5.06. The number of anilines is 1. The number of rotatable bonds is 8. The summed E-state index contributed by atoms with van der Waals surface area (Å²) in [7, 11) is 0. The molecule has 2 rings (SSSR count). The molecule has 0 radical (unpaired) electrons. The number of aromatic nitrogens is 2. The van der Waals surface area contributed by atoms with Gasteiger partial charge >= 0.3 is 0 Å². The van der Waals surface area contributed by atoms with Gasteiger partial charge in [-0.15, -0.1) is 0 Å². The molecule has 0 aliphatic carbocycles. The molecule has 5 nitrogen and oxygen atoms in total. The molecule has 1 saturated heterocycles. The van der Waals surface area contributed by atoms with Crippen molar-refractivity contribution in [3.05, 3.63) is 18.5 Å². The summed E-state index contributed by atoms with van der Waals surface area (Å²) in [6.45, 7) is 9.92. The molecule has 112 valence electrons. The second-order valence-electron chi connectivity index (χ2n) is 5.33. The van der Waals surface area contributed by atoms with Crippen LogP contribution < -0.4 is 10.2 Å². The van der Waals surface area contributed by atoms with Gasteiger partial charge in [-0.3, -0.25) is 4.90 Å². The van der Waals surface area contributed by atoms with Gasteiger partial charge in [0.1, 0.15) is 0 Å². The molecule has 0 atom stereocenters. The highest BCUT2D eigenvalue weighted by atomic mass is 15.3. The lowest BCUT2D eigenvalue weighted by atomic mass is 10.2. The summed E-state index contributed by atoms with van der Waals surface area (Å²) in [6, 6.07) is 1.87. The van der Waals surface area contributed by atoms with E-state index in [1.165, 1.54) is 19.3 Å². The normalized spacial score (nSPS) is 16.6. The lowest BCUT2D eigenvalue weighted by molar-refractivity contribution is 0.256. The van der Waals surface area contributed by atoms with E-state index in [2.05, 4.69) is 32.0 Å². The van der Waals surface area contributed by atoms with E-state index in [-0.39, 0.29) is 0 Å². The quantitative estimate of drug-likeness (QED) is 0.727. The predicted molar refractivity (Wildman–Crippen MR) is 83.1 cm³/mol. The number of nitrogens with zero attached hydrogens (tertiary/aromatic N) is 4.